The summed E-state index contributed by atoms with van der Waals surface area (Å²) >= 11 is 6.13. The summed E-state index contributed by atoms with van der Waals surface area (Å²) in [6.07, 6.45) is 4.98. The number of ketones is 1. The lowest BCUT2D eigenvalue weighted by Crippen LogP contribution is -2.39. The zero-order valence-corrected chi connectivity index (χ0v) is 16.7. The summed E-state index contributed by atoms with van der Waals surface area (Å²) in [5, 5.41) is 10.9. The van der Waals surface area contributed by atoms with E-state index >= 15 is 0 Å². The molecule has 28 heavy (non-hydrogen) atoms. The fourth-order valence-electron chi connectivity index (χ4n) is 3.34. The topological polar surface area (TPSA) is 75.8 Å². The Bertz CT molecular complexity index is 874. The first-order valence-electron chi connectivity index (χ1n) is 9.32. The van der Waals surface area contributed by atoms with Gasteiger partial charge >= 0.3 is 0 Å². The van der Waals surface area contributed by atoms with Gasteiger partial charge in [0.05, 0.1) is 12.7 Å². The monoisotopic (exact) mass is 400 g/mol. The van der Waals surface area contributed by atoms with E-state index in [2.05, 4.69) is 4.90 Å². The number of nitrogens with two attached hydrogens (primary N) is 1. The third kappa shape index (κ3) is 4.93. The Balaban J connectivity index is 1.82. The first kappa shape index (κ1) is 20.4. The fraction of sp³-hybridized carbons (Fsp3) is 0.318. The van der Waals surface area contributed by atoms with Gasteiger partial charge < -0.3 is 15.6 Å². The minimum Gasteiger partial charge on any atom is -0.507 e. The second kappa shape index (κ2) is 9.24. The van der Waals surface area contributed by atoms with Crippen LogP contribution < -0.4 is 10.5 Å². The largest absolute Gasteiger partial charge is 0.507 e. The number of hydrogen-bond acceptors (Lipinski definition) is 5. The van der Waals surface area contributed by atoms with Crippen LogP contribution in [0.2, 0.25) is 5.02 Å². The average Bonchev–Trinajstić information content (AvgIpc) is 2.69. The van der Waals surface area contributed by atoms with Crippen LogP contribution >= 0.6 is 11.6 Å². The summed E-state index contributed by atoms with van der Waals surface area (Å²) in [4.78, 5) is 15.0. The smallest absolute Gasteiger partial charge is 0.189 e. The van der Waals surface area contributed by atoms with Crippen molar-refractivity contribution in [1.82, 2.24) is 4.90 Å². The molecule has 2 aromatic carbocycles. The second-order valence-electron chi connectivity index (χ2n) is 7.01. The summed E-state index contributed by atoms with van der Waals surface area (Å²) in [7, 11) is 1.56. The van der Waals surface area contributed by atoms with Crippen molar-refractivity contribution in [2.75, 3.05) is 20.2 Å². The summed E-state index contributed by atoms with van der Waals surface area (Å²) in [6, 6.07) is 10.7. The van der Waals surface area contributed by atoms with Crippen molar-refractivity contribution < 1.29 is 14.6 Å². The highest BCUT2D eigenvalue weighted by atomic mass is 35.5. The molecular weight excluding hydrogens is 376 g/mol. The number of likely N-dealkylation sites (tertiary alicyclic amines) is 1. The third-order valence-electron chi connectivity index (χ3n) is 5.01. The van der Waals surface area contributed by atoms with Gasteiger partial charge in [0.15, 0.2) is 5.78 Å². The summed E-state index contributed by atoms with van der Waals surface area (Å²) < 4.78 is 5.41. The Morgan fingerprint density at radius 1 is 1.32 bits per heavy atom. The molecule has 0 amide bonds. The molecule has 1 fully saturated rings. The van der Waals surface area contributed by atoms with Crippen LogP contribution in [0.4, 0.5) is 0 Å². The number of methoxy groups -OCH3 is 1. The number of ether oxygens (including phenoxy) is 1. The molecule has 0 saturated carbocycles. The first-order chi connectivity index (χ1) is 13.5. The molecule has 1 aliphatic rings. The van der Waals surface area contributed by atoms with E-state index in [1.54, 1.807) is 25.3 Å². The fourth-order valence-corrected chi connectivity index (χ4v) is 3.54. The van der Waals surface area contributed by atoms with Crippen molar-refractivity contribution in [3.05, 3.63) is 64.2 Å². The third-order valence-corrected chi connectivity index (χ3v) is 5.35. The number of allylic oxidation sites excluding steroid dienone is 1. The molecule has 148 valence electrons. The number of carbonyl (C=O) groups is 1. The normalized spacial score (nSPS) is 15.8. The van der Waals surface area contributed by atoms with E-state index < -0.39 is 0 Å². The molecule has 1 aliphatic heterocycles. The van der Waals surface area contributed by atoms with Crippen LogP contribution in [-0.2, 0) is 6.54 Å². The lowest BCUT2D eigenvalue weighted by Gasteiger charge is -2.30. The van der Waals surface area contributed by atoms with Gasteiger partial charge in [0.25, 0.3) is 0 Å². The molecular formula is C22H25ClN2O3. The molecule has 1 saturated heterocycles. The van der Waals surface area contributed by atoms with E-state index in [0.717, 1.165) is 37.1 Å². The number of piperidine rings is 1. The predicted octanol–water partition coefficient (Wildman–Crippen LogP) is 3.87. The van der Waals surface area contributed by atoms with Crippen molar-refractivity contribution in [1.29, 1.82) is 0 Å². The summed E-state index contributed by atoms with van der Waals surface area (Å²) in [5.41, 5.74) is 7.83. The molecule has 0 unspecified atom stereocenters. The Morgan fingerprint density at radius 2 is 2.04 bits per heavy atom. The van der Waals surface area contributed by atoms with E-state index in [0.29, 0.717) is 17.3 Å². The van der Waals surface area contributed by atoms with Crippen LogP contribution in [-0.4, -0.2) is 42.0 Å². The molecule has 3 rings (SSSR count). The Hall–Kier alpha value is -2.34. The molecule has 0 spiro atoms. The lowest BCUT2D eigenvalue weighted by molar-refractivity contribution is 0.104. The zero-order valence-electron chi connectivity index (χ0n) is 15.9. The predicted molar refractivity (Wildman–Crippen MR) is 112 cm³/mol. The molecule has 0 aromatic heterocycles. The van der Waals surface area contributed by atoms with Gasteiger partial charge in [-0.05, 0) is 55.8 Å². The van der Waals surface area contributed by atoms with E-state index in [1.807, 2.05) is 18.2 Å². The van der Waals surface area contributed by atoms with Gasteiger partial charge in [-0.15, -0.1) is 0 Å². The van der Waals surface area contributed by atoms with Crippen LogP contribution in [0.1, 0.15) is 34.3 Å². The Kier molecular flexibility index (Phi) is 6.73. The number of hydrogen-bond donors (Lipinski definition) is 2. The molecule has 6 heteroatoms. The highest BCUT2D eigenvalue weighted by molar-refractivity contribution is 6.32. The average molecular weight is 401 g/mol. The Labute approximate surface area is 170 Å². The van der Waals surface area contributed by atoms with Crippen LogP contribution in [0.3, 0.4) is 0 Å². The molecule has 0 bridgehead atoms. The molecule has 2 aromatic rings. The van der Waals surface area contributed by atoms with Gasteiger partial charge in [-0.1, -0.05) is 29.8 Å². The molecule has 0 radical (unpaired) electrons. The highest BCUT2D eigenvalue weighted by Gasteiger charge is 2.20. The number of nitrogens with zero attached hydrogens (tertiary/aromatic N) is 1. The van der Waals surface area contributed by atoms with Gasteiger partial charge in [-0.2, -0.15) is 0 Å². The van der Waals surface area contributed by atoms with Crippen molar-refractivity contribution in [2.45, 2.75) is 25.4 Å². The van der Waals surface area contributed by atoms with Crippen molar-refractivity contribution >= 4 is 23.5 Å². The number of rotatable bonds is 6. The number of benzene rings is 2. The number of aromatic hydroxyl groups is 1. The molecule has 1 heterocycles. The number of phenolic OH excluding ortho intramolecular Hbond substituents is 1. The van der Waals surface area contributed by atoms with E-state index in [-0.39, 0.29) is 23.1 Å². The molecule has 0 aliphatic carbocycles. The van der Waals surface area contributed by atoms with E-state index in [9.17, 15) is 9.90 Å². The van der Waals surface area contributed by atoms with Gasteiger partial charge in [0, 0.05) is 29.2 Å². The zero-order chi connectivity index (χ0) is 20.1. The standard InChI is InChI=1S/C22H25ClN2O3/c1-28-22-13-21(27)18(12-16(22)14-25-10-8-17(24)9-11-25)20(26)7-6-15-4-2-3-5-19(15)23/h2-7,12-13,17,27H,8-11,14,24H2,1H3/b7-6+. The van der Waals surface area contributed by atoms with Crippen LogP contribution in [0.5, 0.6) is 11.5 Å². The van der Waals surface area contributed by atoms with Crippen molar-refractivity contribution in [3.63, 3.8) is 0 Å². The van der Waals surface area contributed by atoms with E-state index in [4.69, 9.17) is 22.1 Å². The minimum atomic E-state index is -0.290. The first-order valence-corrected chi connectivity index (χ1v) is 9.70. The van der Waals surface area contributed by atoms with Crippen LogP contribution in [0, 0.1) is 0 Å². The van der Waals surface area contributed by atoms with Crippen LogP contribution in [0.25, 0.3) is 6.08 Å². The summed E-state index contributed by atoms with van der Waals surface area (Å²) in [6.45, 7) is 2.45. The van der Waals surface area contributed by atoms with Gasteiger partial charge in [-0.3, -0.25) is 9.69 Å². The lowest BCUT2D eigenvalue weighted by atomic mass is 10.0. The van der Waals surface area contributed by atoms with E-state index in [1.165, 1.54) is 12.1 Å². The molecule has 3 N–H and O–H groups in total. The number of phenols is 1. The highest BCUT2D eigenvalue weighted by Crippen LogP contribution is 2.30. The van der Waals surface area contributed by atoms with Gasteiger partial charge in [-0.25, -0.2) is 0 Å². The van der Waals surface area contributed by atoms with Crippen LogP contribution in [0.15, 0.2) is 42.5 Å². The maximum absolute atomic E-state index is 12.7. The van der Waals surface area contributed by atoms with Gasteiger partial charge in [0.1, 0.15) is 11.5 Å². The second-order valence-corrected chi connectivity index (χ2v) is 7.42. The number of carbonyl (C=O) groups excluding carboxylic acids is 1. The maximum Gasteiger partial charge on any atom is 0.189 e. The SMILES string of the molecule is COc1cc(O)c(C(=O)/C=C/c2ccccc2Cl)cc1CN1CCC(N)CC1. The van der Waals surface area contributed by atoms with Gasteiger partial charge in [0.2, 0.25) is 0 Å². The number of halogens is 1. The molecule has 0 atom stereocenters. The molecule has 5 nitrogen and oxygen atoms in total. The minimum absolute atomic E-state index is 0.102. The van der Waals surface area contributed by atoms with Crippen molar-refractivity contribution in [2.24, 2.45) is 5.73 Å². The quantitative estimate of drug-likeness (QED) is 0.568. The summed E-state index contributed by atoms with van der Waals surface area (Å²) in [5.74, 6) is 0.177. The maximum atomic E-state index is 12.7. The van der Waals surface area contributed by atoms with Crippen molar-refractivity contribution in [3.8, 4) is 11.5 Å². The Morgan fingerprint density at radius 3 is 2.71 bits per heavy atom.